The molecule has 4 aromatic rings. The van der Waals surface area contributed by atoms with Gasteiger partial charge in [-0.2, -0.15) is 0 Å². The van der Waals surface area contributed by atoms with Crippen LogP contribution >= 0.6 is 0 Å². The van der Waals surface area contributed by atoms with E-state index >= 15 is 0 Å². The van der Waals surface area contributed by atoms with E-state index in [2.05, 4.69) is 20.6 Å². The molecule has 4 N–H and O–H groups in total. The first kappa shape index (κ1) is 22.4. The Balaban J connectivity index is 0.00000126. The lowest BCUT2D eigenvalue weighted by Crippen LogP contribution is -2.16. The van der Waals surface area contributed by atoms with E-state index in [1.165, 1.54) is 0 Å². The van der Waals surface area contributed by atoms with Gasteiger partial charge in [0.2, 0.25) is 0 Å². The van der Waals surface area contributed by atoms with Crippen molar-refractivity contribution >= 4 is 23.1 Å². The van der Waals surface area contributed by atoms with Crippen molar-refractivity contribution in [2.45, 2.75) is 39.7 Å². The van der Waals surface area contributed by atoms with Gasteiger partial charge >= 0.3 is 0 Å². The zero-order valence-electron chi connectivity index (χ0n) is 19.2. The van der Waals surface area contributed by atoms with Crippen molar-refractivity contribution in [2.24, 2.45) is 0 Å². The summed E-state index contributed by atoms with van der Waals surface area (Å²) < 4.78 is 2.02. The number of carbonyl (C=O) groups excluding carboxylic acids is 1. The van der Waals surface area contributed by atoms with E-state index in [-0.39, 0.29) is 11.9 Å². The lowest BCUT2D eigenvalue weighted by atomic mass is 10.1. The van der Waals surface area contributed by atoms with Crippen LogP contribution in [0.2, 0.25) is 0 Å². The number of aromatic nitrogens is 4. The molecule has 0 aliphatic carbocycles. The first-order valence-corrected chi connectivity index (χ1v) is 11.3. The molecular weight excluding hydrogens is 414 g/mol. The van der Waals surface area contributed by atoms with Gasteiger partial charge in [-0.1, -0.05) is 32.0 Å². The zero-order chi connectivity index (χ0) is 23.4. The van der Waals surface area contributed by atoms with E-state index in [0.717, 1.165) is 47.5 Å². The molecule has 3 aromatic heterocycles. The average molecular weight is 444 g/mol. The lowest BCUT2D eigenvalue weighted by Gasteiger charge is -2.08. The fraction of sp³-hybridized carbons (Fsp3) is 0.280. The van der Waals surface area contributed by atoms with Crippen LogP contribution in [0.1, 0.15) is 54.5 Å². The van der Waals surface area contributed by atoms with Crippen LogP contribution in [0.3, 0.4) is 0 Å². The van der Waals surface area contributed by atoms with Crippen molar-refractivity contribution < 1.29 is 4.79 Å². The number of amides is 1. The molecule has 1 fully saturated rings. The Bertz CT molecular complexity index is 1240. The molecule has 0 bridgehead atoms. The summed E-state index contributed by atoms with van der Waals surface area (Å²) in [6, 6.07) is 11.2. The van der Waals surface area contributed by atoms with Gasteiger partial charge < -0.3 is 16.4 Å². The van der Waals surface area contributed by atoms with Gasteiger partial charge in [-0.05, 0) is 50.1 Å². The van der Waals surface area contributed by atoms with Crippen molar-refractivity contribution in [1.29, 1.82) is 0 Å². The summed E-state index contributed by atoms with van der Waals surface area (Å²) >= 11 is 0. The number of nitrogen functional groups attached to an aromatic ring is 1. The molecule has 1 aliphatic rings. The third-order valence-electron chi connectivity index (χ3n) is 5.56. The second-order valence-electron chi connectivity index (χ2n) is 7.75. The second-order valence-corrected chi connectivity index (χ2v) is 7.75. The van der Waals surface area contributed by atoms with E-state index in [1.807, 2.05) is 49.6 Å². The van der Waals surface area contributed by atoms with Gasteiger partial charge in [0.05, 0.1) is 6.04 Å². The molecule has 1 amide bonds. The normalized spacial score (nSPS) is 15.2. The number of hydrogen-bond donors (Lipinski definition) is 3. The maximum atomic E-state index is 12.6. The molecule has 1 aromatic carbocycles. The van der Waals surface area contributed by atoms with Crippen LogP contribution in [0, 0.1) is 6.92 Å². The molecule has 5 rings (SSSR count). The van der Waals surface area contributed by atoms with Gasteiger partial charge in [0.25, 0.3) is 5.91 Å². The van der Waals surface area contributed by atoms with Gasteiger partial charge in [-0.3, -0.25) is 9.20 Å². The highest BCUT2D eigenvalue weighted by Gasteiger charge is 2.24. The average Bonchev–Trinajstić information content (AvgIpc) is 3.51. The van der Waals surface area contributed by atoms with Crippen LogP contribution in [0.5, 0.6) is 0 Å². The minimum absolute atomic E-state index is 0.190. The Kier molecular flexibility index (Phi) is 6.65. The fourth-order valence-corrected chi connectivity index (χ4v) is 3.95. The summed E-state index contributed by atoms with van der Waals surface area (Å²) in [5.74, 6) is 1.67. The number of benzene rings is 1. The maximum Gasteiger partial charge on any atom is 0.256 e. The van der Waals surface area contributed by atoms with E-state index in [9.17, 15) is 4.79 Å². The molecule has 4 heterocycles. The highest BCUT2D eigenvalue weighted by atomic mass is 16.1. The number of fused-ring (bicyclic) bond motifs is 1. The minimum atomic E-state index is -0.213. The first-order valence-electron chi connectivity index (χ1n) is 11.3. The predicted molar refractivity (Wildman–Crippen MR) is 131 cm³/mol. The number of nitrogens with zero attached hydrogens (tertiary/aromatic N) is 4. The number of carbonyl (C=O) groups is 1. The Labute approximate surface area is 193 Å². The van der Waals surface area contributed by atoms with Crippen molar-refractivity contribution in [3.8, 4) is 11.3 Å². The van der Waals surface area contributed by atoms with E-state index in [0.29, 0.717) is 17.2 Å². The molecule has 1 unspecified atom stereocenters. The minimum Gasteiger partial charge on any atom is -0.382 e. The molecule has 0 spiro atoms. The zero-order valence-corrected chi connectivity index (χ0v) is 19.2. The Morgan fingerprint density at radius 1 is 1.15 bits per heavy atom. The van der Waals surface area contributed by atoms with Crippen molar-refractivity contribution in [2.75, 3.05) is 17.6 Å². The summed E-state index contributed by atoms with van der Waals surface area (Å²) in [6.45, 7) is 6.93. The number of aryl methyl sites for hydroxylation is 1. The molecule has 33 heavy (non-hydrogen) atoms. The standard InChI is InChI=1S/C23H23N7O.C2H6/c1-14-4-9-18(27-13-14)28-23(31)16-7-5-15(6-8-16)19-20-21(24)26-11-12-30(20)22(29-19)17-3-2-10-25-17;1-2/h4-9,11-13,17,25H,2-3,10H2,1H3,(H2,24,26)(H,27,28,31);1-2H3. The predicted octanol–water partition coefficient (Wildman–Crippen LogP) is 4.38. The maximum absolute atomic E-state index is 12.6. The number of hydrogen-bond acceptors (Lipinski definition) is 6. The largest absolute Gasteiger partial charge is 0.382 e. The number of nitrogens with one attached hydrogen (secondary N) is 2. The van der Waals surface area contributed by atoms with Crippen LogP contribution in [0.4, 0.5) is 11.6 Å². The molecule has 170 valence electrons. The van der Waals surface area contributed by atoms with Gasteiger partial charge in [-0.25, -0.2) is 15.0 Å². The van der Waals surface area contributed by atoms with Gasteiger partial charge in [0.1, 0.15) is 28.7 Å². The fourth-order valence-electron chi connectivity index (χ4n) is 3.95. The SMILES string of the molecule is CC.Cc1ccc(NC(=O)c2ccc(-c3nc(C4CCCN4)n4ccnc(N)c34)cc2)nc1. The highest BCUT2D eigenvalue weighted by Crippen LogP contribution is 2.32. The van der Waals surface area contributed by atoms with Crippen LogP contribution in [-0.2, 0) is 0 Å². The molecular formula is C25H29N7O. The quantitative estimate of drug-likeness (QED) is 0.432. The monoisotopic (exact) mass is 443 g/mol. The number of anilines is 2. The summed E-state index contributed by atoms with van der Waals surface area (Å²) in [7, 11) is 0. The Hall–Kier alpha value is -3.78. The number of rotatable bonds is 4. The molecule has 1 aliphatic heterocycles. The van der Waals surface area contributed by atoms with E-state index in [1.54, 1.807) is 30.6 Å². The topological polar surface area (TPSA) is 110 Å². The number of nitrogens with two attached hydrogens (primary N) is 1. The van der Waals surface area contributed by atoms with E-state index < -0.39 is 0 Å². The smallest absolute Gasteiger partial charge is 0.256 e. The lowest BCUT2D eigenvalue weighted by molar-refractivity contribution is 0.102. The van der Waals surface area contributed by atoms with Crippen LogP contribution in [0.25, 0.3) is 16.8 Å². The van der Waals surface area contributed by atoms with Crippen LogP contribution < -0.4 is 16.4 Å². The molecule has 8 heteroatoms. The van der Waals surface area contributed by atoms with Gasteiger partial charge in [-0.15, -0.1) is 0 Å². The first-order chi connectivity index (χ1) is 16.1. The van der Waals surface area contributed by atoms with Crippen LogP contribution in [0.15, 0.2) is 55.0 Å². The molecule has 1 saturated heterocycles. The summed E-state index contributed by atoms with van der Waals surface area (Å²) in [5.41, 5.74) is 10.2. The third kappa shape index (κ3) is 4.56. The highest BCUT2D eigenvalue weighted by molar-refractivity contribution is 6.04. The van der Waals surface area contributed by atoms with Crippen molar-refractivity contribution in [3.05, 3.63) is 71.9 Å². The Morgan fingerprint density at radius 3 is 2.61 bits per heavy atom. The Morgan fingerprint density at radius 2 is 1.94 bits per heavy atom. The summed E-state index contributed by atoms with van der Waals surface area (Å²) in [4.78, 5) is 26.0. The van der Waals surface area contributed by atoms with Crippen LogP contribution in [-0.4, -0.2) is 31.8 Å². The molecule has 8 nitrogen and oxygen atoms in total. The molecule has 0 saturated carbocycles. The second kappa shape index (κ2) is 9.79. The van der Waals surface area contributed by atoms with Crippen molar-refractivity contribution in [3.63, 3.8) is 0 Å². The van der Waals surface area contributed by atoms with Crippen molar-refractivity contribution in [1.82, 2.24) is 24.7 Å². The molecule has 1 atom stereocenters. The van der Waals surface area contributed by atoms with E-state index in [4.69, 9.17) is 10.7 Å². The number of pyridine rings is 1. The van der Waals surface area contributed by atoms with Gasteiger partial charge in [0.15, 0.2) is 0 Å². The molecule has 0 radical (unpaired) electrons. The summed E-state index contributed by atoms with van der Waals surface area (Å²) in [6.07, 6.45) is 7.46. The third-order valence-corrected chi connectivity index (χ3v) is 5.56. The summed E-state index contributed by atoms with van der Waals surface area (Å²) in [5, 5.41) is 6.31. The number of imidazole rings is 1. The van der Waals surface area contributed by atoms with Gasteiger partial charge in [0, 0.05) is 29.7 Å².